The molecule has 2 nitrogen and oxygen atoms in total. The molecule has 0 aliphatic carbocycles. The Morgan fingerprint density at radius 2 is 2.29 bits per heavy atom. The normalized spacial score (nSPS) is 10.0. The molecule has 0 aliphatic rings. The summed E-state index contributed by atoms with van der Waals surface area (Å²) < 4.78 is 18.3. The molecule has 0 aromatic heterocycles. The summed E-state index contributed by atoms with van der Waals surface area (Å²) in [5.74, 6) is -1.17. The van der Waals surface area contributed by atoms with Gasteiger partial charge in [-0.1, -0.05) is 27.5 Å². The van der Waals surface area contributed by atoms with Gasteiger partial charge in [0.25, 0.3) is 0 Å². The predicted octanol–water partition coefficient (Wildman–Crippen LogP) is 3.07. The van der Waals surface area contributed by atoms with Crippen LogP contribution in [-0.2, 0) is 0 Å². The molecule has 1 aromatic carbocycles. The molecular formula is C9H7BrClFO2. The lowest BCUT2D eigenvalue weighted by atomic mass is 10.1. The van der Waals surface area contributed by atoms with E-state index in [1.807, 2.05) is 0 Å². The van der Waals surface area contributed by atoms with Gasteiger partial charge in [-0.25, -0.2) is 4.39 Å². The number of benzene rings is 1. The van der Waals surface area contributed by atoms with Gasteiger partial charge in [0.2, 0.25) is 0 Å². The van der Waals surface area contributed by atoms with Gasteiger partial charge in [0.1, 0.15) is 0 Å². The largest absolute Gasteiger partial charge is 0.492 e. The lowest BCUT2D eigenvalue weighted by Gasteiger charge is -2.07. The third-order valence-electron chi connectivity index (χ3n) is 1.67. The number of Topliss-reactive ketones (excluding diaryl/α,β-unsaturated/α-hetero) is 1. The van der Waals surface area contributed by atoms with E-state index in [1.165, 1.54) is 19.2 Å². The van der Waals surface area contributed by atoms with Crippen molar-refractivity contribution < 1.29 is 13.9 Å². The fraction of sp³-hybridized carbons (Fsp3) is 0.222. The molecule has 14 heavy (non-hydrogen) atoms. The van der Waals surface area contributed by atoms with Crippen LogP contribution >= 0.6 is 27.5 Å². The second-order valence-electron chi connectivity index (χ2n) is 2.50. The minimum Gasteiger partial charge on any atom is -0.492 e. The van der Waals surface area contributed by atoms with Gasteiger partial charge in [-0.15, -0.1) is 0 Å². The van der Waals surface area contributed by atoms with Crippen LogP contribution in [0.25, 0.3) is 0 Å². The molecule has 0 spiro atoms. The first-order chi connectivity index (χ1) is 6.61. The number of hydrogen-bond donors (Lipinski definition) is 0. The molecule has 0 saturated heterocycles. The molecule has 0 aliphatic heterocycles. The molecule has 0 unspecified atom stereocenters. The fourth-order valence-corrected chi connectivity index (χ4v) is 1.53. The molecule has 1 aromatic rings. The highest BCUT2D eigenvalue weighted by Crippen LogP contribution is 2.29. The van der Waals surface area contributed by atoms with Crippen LogP contribution in [0.15, 0.2) is 12.1 Å². The van der Waals surface area contributed by atoms with Crippen LogP contribution in [0.2, 0.25) is 5.02 Å². The van der Waals surface area contributed by atoms with Crippen LogP contribution in [0, 0.1) is 5.82 Å². The van der Waals surface area contributed by atoms with Gasteiger partial charge < -0.3 is 4.74 Å². The maximum atomic E-state index is 13.5. The zero-order valence-corrected chi connectivity index (χ0v) is 9.65. The number of methoxy groups -OCH3 is 1. The third kappa shape index (κ3) is 2.07. The van der Waals surface area contributed by atoms with Gasteiger partial charge in [0, 0.05) is 0 Å². The maximum absolute atomic E-state index is 13.5. The van der Waals surface area contributed by atoms with Crippen LogP contribution in [0.3, 0.4) is 0 Å². The number of carbonyl (C=O) groups is 1. The first-order valence-corrected chi connectivity index (χ1v) is 5.23. The van der Waals surface area contributed by atoms with Gasteiger partial charge in [-0.2, -0.15) is 0 Å². The quantitative estimate of drug-likeness (QED) is 0.629. The molecule has 0 heterocycles. The van der Waals surface area contributed by atoms with Crippen molar-refractivity contribution in [1.82, 2.24) is 0 Å². The second-order valence-corrected chi connectivity index (χ2v) is 3.47. The van der Waals surface area contributed by atoms with Crippen LogP contribution in [0.4, 0.5) is 4.39 Å². The Labute approximate surface area is 94.1 Å². The molecule has 0 N–H and O–H groups in total. The van der Waals surface area contributed by atoms with Crippen molar-refractivity contribution in [3.63, 3.8) is 0 Å². The summed E-state index contributed by atoms with van der Waals surface area (Å²) in [6.45, 7) is 0. The molecule has 0 amide bonds. The van der Waals surface area contributed by atoms with E-state index >= 15 is 0 Å². The molecule has 0 atom stereocenters. The molecule has 0 bridgehead atoms. The van der Waals surface area contributed by atoms with E-state index in [0.29, 0.717) is 0 Å². The summed E-state index contributed by atoms with van der Waals surface area (Å²) in [4.78, 5) is 11.2. The van der Waals surface area contributed by atoms with Crippen molar-refractivity contribution in [3.05, 3.63) is 28.5 Å². The van der Waals surface area contributed by atoms with Crippen molar-refractivity contribution >= 4 is 33.3 Å². The molecule has 5 heteroatoms. The Morgan fingerprint density at radius 3 is 2.79 bits per heavy atom. The third-order valence-corrected chi connectivity index (χ3v) is 2.48. The highest BCUT2D eigenvalue weighted by Gasteiger charge is 2.17. The Kier molecular flexibility index (Phi) is 3.89. The number of carbonyl (C=O) groups excluding carboxylic acids is 1. The Balaban J connectivity index is 3.28. The molecule has 0 saturated carbocycles. The lowest BCUT2D eigenvalue weighted by molar-refractivity contribution is 0.101. The zero-order valence-electron chi connectivity index (χ0n) is 7.31. The molecule has 0 radical (unpaired) electrons. The Hall–Kier alpha value is -0.610. The van der Waals surface area contributed by atoms with Gasteiger partial charge in [-0.05, 0) is 12.1 Å². The molecule has 0 fully saturated rings. The SMILES string of the molecule is COc1c(Cl)ccc(C(=O)CBr)c1F. The number of ether oxygens (including phenoxy) is 1. The molecular weight excluding hydrogens is 274 g/mol. The minimum atomic E-state index is -0.718. The number of rotatable bonds is 3. The summed E-state index contributed by atoms with van der Waals surface area (Å²) in [6, 6.07) is 2.77. The average Bonchev–Trinajstić information content (AvgIpc) is 2.18. The first kappa shape index (κ1) is 11.5. The highest BCUT2D eigenvalue weighted by molar-refractivity contribution is 9.09. The lowest BCUT2D eigenvalue weighted by Crippen LogP contribution is -2.05. The Bertz CT molecular complexity index is 368. The second kappa shape index (κ2) is 4.75. The van der Waals surface area contributed by atoms with E-state index in [1.54, 1.807) is 0 Å². The highest BCUT2D eigenvalue weighted by atomic mass is 79.9. The monoisotopic (exact) mass is 280 g/mol. The van der Waals surface area contributed by atoms with E-state index in [0.717, 1.165) is 0 Å². The van der Waals surface area contributed by atoms with Gasteiger partial charge in [-0.3, -0.25) is 4.79 Å². The number of halogens is 3. The fourth-order valence-electron chi connectivity index (χ4n) is 1.01. The predicted molar refractivity (Wildman–Crippen MR) is 56.1 cm³/mol. The van der Waals surface area contributed by atoms with Gasteiger partial charge >= 0.3 is 0 Å². The van der Waals surface area contributed by atoms with Crippen LogP contribution in [0.1, 0.15) is 10.4 Å². The van der Waals surface area contributed by atoms with E-state index in [-0.39, 0.29) is 27.4 Å². The topological polar surface area (TPSA) is 26.3 Å². The smallest absolute Gasteiger partial charge is 0.177 e. The summed E-state index contributed by atoms with van der Waals surface area (Å²) in [5, 5.41) is 0.213. The van der Waals surface area contributed by atoms with Crippen molar-refractivity contribution in [3.8, 4) is 5.75 Å². The Morgan fingerprint density at radius 1 is 1.64 bits per heavy atom. The first-order valence-electron chi connectivity index (χ1n) is 3.73. The summed E-state index contributed by atoms with van der Waals surface area (Å²) in [7, 11) is 1.30. The van der Waals surface area contributed by atoms with Crippen LogP contribution in [0.5, 0.6) is 5.75 Å². The van der Waals surface area contributed by atoms with Crippen molar-refractivity contribution in [2.45, 2.75) is 0 Å². The number of ketones is 1. The maximum Gasteiger partial charge on any atom is 0.177 e. The minimum absolute atomic E-state index is 0.0249. The zero-order chi connectivity index (χ0) is 10.7. The molecule has 76 valence electrons. The van der Waals surface area contributed by atoms with Crippen LogP contribution < -0.4 is 4.74 Å². The van der Waals surface area contributed by atoms with Crippen LogP contribution in [-0.4, -0.2) is 18.2 Å². The molecule has 1 rings (SSSR count). The van der Waals surface area contributed by atoms with E-state index in [4.69, 9.17) is 16.3 Å². The van der Waals surface area contributed by atoms with E-state index < -0.39 is 5.82 Å². The standard InChI is InChI=1S/C9H7BrClFO2/c1-14-9-6(11)3-2-5(8(9)12)7(13)4-10/h2-3H,4H2,1H3. The summed E-state index contributed by atoms with van der Waals surface area (Å²) in [5.41, 5.74) is -0.0249. The van der Waals surface area contributed by atoms with Crippen molar-refractivity contribution in [2.24, 2.45) is 0 Å². The average molecular weight is 282 g/mol. The van der Waals surface area contributed by atoms with Crippen molar-refractivity contribution in [1.29, 1.82) is 0 Å². The van der Waals surface area contributed by atoms with Gasteiger partial charge in [0.05, 0.1) is 23.0 Å². The van der Waals surface area contributed by atoms with Crippen molar-refractivity contribution in [2.75, 3.05) is 12.4 Å². The summed E-state index contributed by atoms with van der Waals surface area (Å²) in [6.07, 6.45) is 0. The van der Waals surface area contributed by atoms with Gasteiger partial charge in [0.15, 0.2) is 17.3 Å². The van der Waals surface area contributed by atoms with E-state index in [9.17, 15) is 9.18 Å². The van der Waals surface area contributed by atoms with E-state index in [2.05, 4.69) is 15.9 Å². The number of hydrogen-bond acceptors (Lipinski definition) is 2. The number of alkyl halides is 1. The summed E-state index contributed by atoms with van der Waals surface area (Å²) >= 11 is 8.62.